The molecule has 0 spiro atoms. The number of carbonyl (C=O) groups is 2. The monoisotopic (exact) mass is 362 g/mol. The van der Waals surface area contributed by atoms with Crippen molar-refractivity contribution in [2.75, 3.05) is 5.32 Å². The van der Waals surface area contributed by atoms with Gasteiger partial charge in [0.15, 0.2) is 0 Å². The van der Waals surface area contributed by atoms with Crippen molar-refractivity contribution < 1.29 is 14.0 Å². The quantitative estimate of drug-likeness (QED) is 0.809. The third-order valence-corrected chi connectivity index (χ3v) is 4.19. The Morgan fingerprint density at radius 3 is 2.56 bits per heavy atom. The number of hydrogen-bond donors (Lipinski definition) is 2. The Labute approximate surface area is 151 Å². The molecule has 2 aromatic carbocycles. The average Bonchev–Trinajstić information content (AvgIpc) is 2.58. The van der Waals surface area contributed by atoms with Gasteiger partial charge in [0.1, 0.15) is 5.82 Å². The lowest BCUT2D eigenvalue weighted by Crippen LogP contribution is -2.32. The maximum Gasteiger partial charge on any atom is 0.253 e. The van der Waals surface area contributed by atoms with Crippen molar-refractivity contribution in [3.05, 3.63) is 64.4 Å². The largest absolute Gasteiger partial charge is 0.350 e. The summed E-state index contributed by atoms with van der Waals surface area (Å²) in [5, 5.41) is 5.71. The van der Waals surface area contributed by atoms with E-state index in [1.165, 1.54) is 18.2 Å². The fraction of sp³-hybridized carbons (Fsp3) is 0.263. The van der Waals surface area contributed by atoms with Crippen LogP contribution < -0.4 is 10.6 Å². The number of nitrogens with one attached hydrogen (secondary N) is 2. The number of halogens is 2. The van der Waals surface area contributed by atoms with Gasteiger partial charge in [-0.3, -0.25) is 9.59 Å². The standard InChI is InChI=1S/C19H20ClFN2O2/c1-3-12(2)22-19(25)13-7-4-5-10-17(13)23-18(24)11-14-15(20)8-6-9-16(14)21/h4-10,12H,3,11H2,1-2H3,(H,22,25)(H,23,24)/t12-/m1/s1. The molecule has 2 rings (SSSR count). The molecule has 2 N–H and O–H groups in total. The number of para-hydroxylation sites is 1. The number of hydrogen-bond acceptors (Lipinski definition) is 2. The van der Waals surface area contributed by atoms with E-state index in [0.29, 0.717) is 11.3 Å². The van der Waals surface area contributed by atoms with Crippen LogP contribution in [-0.4, -0.2) is 17.9 Å². The van der Waals surface area contributed by atoms with E-state index in [4.69, 9.17) is 11.6 Å². The summed E-state index contributed by atoms with van der Waals surface area (Å²) in [6.07, 6.45) is 0.582. The molecule has 0 aliphatic rings. The molecule has 0 aliphatic heterocycles. The van der Waals surface area contributed by atoms with Gasteiger partial charge in [0.25, 0.3) is 5.91 Å². The molecular weight excluding hydrogens is 343 g/mol. The molecule has 25 heavy (non-hydrogen) atoms. The van der Waals surface area contributed by atoms with E-state index in [-0.39, 0.29) is 29.0 Å². The smallest absolute Gasteiger partial charge is 0.253 e. The molecule has 0 bridgehead atoms. The highest BCUT2D eigenvalue weighted by molar-refractivity contribution is 6.31. The Kier molecular flexibility index (Phi) is 6.53. The number of anilines is 1. The summed E-state index contributed by atoms with van der Waals surface area (Å²) in [4.78, 5) is 24.6. The summed E-state index contributed by atoms with van der Waals surface area (Å²) < 4.78 is 13.8. The Morgan fingerprint density at radius 1 is 1.16 bits per heavy atom. The van der Waals surface area contributed by atoms with Gasteiger partial charge in [0, 0.05) is 16.6 Å². The van der Waals surface area contributed by atoms with Crippen molar-refractivity contribution in [2.45, 2.75) is 32.7 Å². The lowest BCUT2D eigenvalue weighted by atomic mass is 10.1. The lowest BCUT2D eigenvalue weighted by Gasteiger charge is -2.15. The molecule has 1 atom stereocenters. The molecule has 2 amide bonds. The van der Waals surface area contributed by atoms with Crippen LogP contribution in [0.4, 0.5) is 10.1 Å². The molecule has 0 saturated heterocycles. The first-order valence-electron chi connectivity index (χ1n) is 8.05. The Morgan fingerprint density at radius 2 is 1.88 bits per heavy atom. The second-order valence-corrected chi connectivity index (χ2v) is 6.16. The fourth-order valence-corrected chi connectivity index (χ4v) is 2.48. The van der Waals surface area contributed by atoms with Crippen LogP contribution in [0.3, 0.4) is 0 Å². The molecule has 0 saturated carbocycles. The third kappa shape index (κ3) is 5.03. The first-order chi connectivity index (χ1) is 11.9. The van der Waals surface area contributed by atoms with Gasteiger partial charge in [0.05, 0.1) is 17.7 Å². The van der Waals surface area contributed by atoms with Crippen molar-refractivity contribution >= 4 is 29.1 Å². The van der Waals surface area contributed by atoms with Gasteiger partial charge in [-0.25, -0.2) is 4.39 Å². The zero-order valence-corrected chi connectivity index (χ0v) is 14.9. The van der Waals surface area contributed by atoms with Gasteiger partial charge in [0.2, 0.25) is 5.91 Å². The summed E-state index contributed by atoms with van der Waals surface area (Å²) in [6.45, 7) is 3.87. The molecule has 0 heterocycles. The van der Waals surface area contributed by atoms with Gasteiger partial charge in [-0.1, -0.05) is 36.7 Å². The van der Waals surface area contributed by atoms with Gasteiger partial charge >= 0.3 is 0 Å². The van der Waals surface area contributed by atoms with E-state index >= 15 is 0 Å². The highest BCUT2D eigenvalue weighted by atomic mass is 35.5. The van der Waals surface area contributed by atoms with E-state index in [9.17, 15) is 14.0 Å². The minimum Gasteiger partial charge on any atom is -0.350 e. The van der Waals surface area contributed by atoms with Gasteiger partial charge in [-0.05, 0) is 37.6 Å². The maximum atomic E-state index is 13.8. The van der Waals surface area contributed by atoms with E-state index < -0.39 is 11.7 Å². The maximum absolute atomic E-state index is 13.8. The highest BCUT2D eigenvalue weighted by Crippen LogP contribution is 2.21. The lowest BCUT2D eigenvalue weighted by molar-refractivity contribution is -0.115. The third-order valence-electron chi connectivity index (χ3n) is 3.83. The van der Waals surface area contributed by atoms with Crippen molar-refractivity contribution in [1.82, 2.24) is 5.32 Å². The van der Waals surface area contributed by atoms with Gasteiger partial charge in [-0.2, -0.15) is 0 Å². The van der Waals surface area contributed by atoms with Crippen molar-refractivity contribution in [3.63, 3.8) is 0 Å². The molecule has 6 heteroatoms. The second-order valence-electron chi connectivity index (χ2n) is 5.75. The fourth-order valence-electron chi connectivity index (χ4n) is 2.25. The SMILES string of the molecule is CC[C@@H](C)NC(=O)c1ccccc1NC(=O)Cc1c(F)cccc1Cl. The molecule has 0 unspecified atom stereocenters. The molecule has 132 valence electrons. The predicted octanol–water partition coefficient (Wildman–Crippen LogP) is 4.19. The predicted molar refractivity (Wildman–Crippen MR) is 97.4 cm³/mol. The zero-order valence-electron chi connectivity index (χ0n) is 14.1. The number of benzene rings is 2. The number of carbonyl (C=O) groups excluding carboxylic acids is 2. The average molecular weight is 363 g/mol. The van der Waals surface area contributed by atoms with E-state index in [2.05, 4.69) is 10.6 Å². The van der Waals surface area contributed by atoms with E-state index in [0.717, 1.165) is 6.42 Å². The summed E-state index contributed by atoms with van der Waals surface area (Å²) in [6, 6.07) is 11.0. The summed E-state index contributed by atoms with van der Waals surface area (Å²) in [5.41, 5.74) is 0.861. The van der Waals surface area contributed by atoms with Crippen LogP contribution in [0.1, 0.15) is 36.2 Å². The second kappa shape index (κ2) is 8.62. The first-order valence-corrected chi connectivity index (χ1v) is 8.42. The summed E-state index contributed by atoms with van der Waals surface area (Å²) in [7, 11) is 0. The molecule has 0 fully saturated rings. The Bertz CT molecular complexity index is 760. The summed E-state index contributed by atoms with van der Waals surface area (Å²) in [5.74, 6) is -1.25. The highest BCUT2D eigenvalue weighted by Gasteiger charge is 2.16. The number of rotatable bonds is 6. The minimum atomic E-state index is -0.537. The number of amides is 2. The molecule has 2 aromatic rings. The minimum absolute atomic E-state index is 0.0217. The van der Waals surface area contributed by atoms with Crippen LogP contribution in [0.2, 0.25) is 5.02 Å². The van der Waals surface area contributed by atoms with Crippen LogP contribution >= 0.6 is 11.6 Å². The molecule has 4 nitrogen and oxygen atoms in total. The van der Waals surface area contributed by atoms with Crippen LogP contribution in [0, 0.1) is 5.82 Å². The Balaban J connectivity index is 2.15. The van der Waals surface area contributed by atoms with Crippen molar-refractivity contribution in [1.29, 1.82) is 0 Å². The Hall–Kier alpha value is -2.40. The van der Waals surface area contributed by atoms with E-state index in [1.54, 1.807) is 24.3 Å². The van der Waals surface area contributed by atoms with Crippen molar-refractivity contribution in [3.8, 4) is 0 Å². The van der Waals surface area contributed by atoms with E-state index in [1.807, 2.05) is 13.8 Å². The van der Waals surface area contributed by atoms with Gasteiger partial charge < -0.3 is 10.6 Å². The van der Waals surface area contributed by atoms with Crippen LogP contribution in [0.25, 0.3) is 0 Å². The first kappa shape index (κ1) is 18.9. The normalized spacial score (nSPS) is 11.7. The van der Waals surface area contributed by atoms with Crippen LogP contribution in [0.15, 0.2) is 42.5 Å². The molecular formula is C19H20ClFN2O2. The van der Waals surface area contributed by atoms with Crippen LogP contribution in [-0.2, 0) is 11.2 Å². The van der Waals surface area contributed by atoms with Crippen molar-refractivity contribution in [2.24, 2.45) is 0 Å². The zero-order chi connectivity index (χ0) is 18.4. The van der Waals surface area contributed by atoms with Gasteiger partial charge in [-0.15, -0.1) is 0 Å². The van der Waals surface area contributed by atoms with Crippen LogP contribution in [0.5, 0.6) is 0 Å². The molecule has 0 aromatic heterocycles. The molecule has 0 radical (unpaired) electrons. The topological polar surface area (TPSA) is 58.2 Å². The molecule has 0 aliphatic carbocycles. The summed E-state index contributed by atoms with van der Waals surface area (Å²) >= 11 is 5.95.